The highest BCUT2D eigenvalue weighted by Gasteiger charge is 2.33. The first-order chi connectivity index (χ1) is 19.2. The van der Waals surface area contributed by atoms with Gasteiger partial charge in [0.1, 0.15) is 18.3 Å². The fraction of sp³-hybridized carbons (Fsp3) is 0.645. The van der Waals surface area contributed by atoms with Crippen LogP contribution in [0, 0.1) is 5.92 Å². The zero-order valence-corrected chi connectivity index (χ0v) is 26.0. The first kappa shape index (κ1) is 36.9. The summed E-state index contributed by atoms with van der Waals surface area (Å²) in [4.78, 5) is 12.0. The smallest absolute Gasteiger partial charge is 0.141 e. The zero-order chi connectivity index (χ0) is 29.1. The van der Waals surface area contributed by atoms with Gasteiger partial charge < -0.3 is 9.62 Å². The third-order valence-electron chi connectivity index (χ3n) is 6.18. The minimum absolute atomic E-state index is 0.0840. The highest BCUT2D eigenvalue weighted by molar-refractivity contribution is 8.01. The summed E-state index contributed by atoms with van der Waals surface area (Å²) in [5.74, 6) is 1.32. The van der Waals surface area contributed by atoms with E-state index < -0.39 is 6.17 Å². The van der Waals surface area contributed by atoms with Crippen LogP contribution in [0.2, 0.25) is 0 Å². The molecule has 0 radical (unpaired) electrons. The second-order valence-electron chi connectivity index (χ2n) is 8.73. The predicted octanol–water partition coefficient (Wildman–Crippen LogP) is 8.72. The van der Waals surface area contributed by atoms with E-state index in [2.05, 4.69) is 32.4 Å². The second kappa shape index (κ2) is 26.2. The minimum atomic E-state index is -0.754. The number of aromatic nitrogens is 2. The number of anilines is 1. The summed E-state index contributed by atoms with van der Waals surface area (Å²) < 4.78 is 25.8. The number of rotatable bonds is 3. The number of nitrogens with one attached hydrogen (secondary N) is 1. The van der Waals surface area contributed by atoms with Crippen LogP contribution in [0.15, 0.2) is 59.7 Å². The standard InChI is InChI=1S/C15H20FN3S.C6H7N.C5H11N.2C2H6.CH3F/c1-19(15-6-7-17-10-18-15)20-14-9-12-5-3-2-4-11(12)8-13(14)16;1-2-4-6-7-5-3-1;1-2-4-6-5-3-1;3*1-2/h6-7,9-11,13-14H,2-5,8H2,1H3;1,3-6H,2H2;6H,1-5H2;2*1-2H3;1H3. The number of nitrogens with zero attached hydrogens (tertiary/aromatic N) is 4. The average molecular weight is 566 g/mol. The predicted molar refractivity (Wildman–Crippen MR) is 169 cm³/mol. The Morgan fingerprint density at radius 1 is 1.00 bits per heavy atom. The molecule has 5 rings (SSSR count). The quantitative estimate of drug-likeness (QED) is 0.293. The number of hydrogen-bond donors (Lipinski definition) is 1. The van der Waals surface area contributed by atoms with Crippen molar-refractivity contribution in [3.05, 3.63) is 54.7 Å². The molecule has 1 saturated carbocycles. The van der Waals surface area contributed by atoms with Crippen LogP contribution in [0.3, 0.4) is 0 Å². The SMILES string of the molecule is C1=CCC=CN=C1.C1CCNCC1.CC.CC.CF.CN(SC1C=C2CCCCC2CC1F)c1ccncn1. The Labute approximate surface area is 241 Å². The van der Waals surface area contributed by atoms with E-state index in [9.17, 15) is 8.78 Å². The van der Waals surface area contributed by atoms with Crippen LogP contribution < -0.4 is 9.62 Å². The van der Waals surface area contributed by atoms with Gasteiger partial charge in [-0.05, 0) is 88.0 Å². The molecule has 1 N–H and O–H groups in total. The van der Waals surface area contributed by atoms with Crippen LogP contribution in [-0.4, -0.2) is 54.9 Å². The Kier molecular flexibility index (Phi) is 24.8. The van der Waals surface area contributed by atoms with Gasteiger partial charge in [0, 0.05) is 25.7 Å². The van der Waals surface area contributed by atoms with Crippen LogP contribution in [0.25, 0.3) is 0 Å². The lowest BCUT2D eigenvalue weighted by atomic mass is 9.77. The Bertz CT molecular complexity index is 772. The van der Waals surface area contributed by atoms with Crippen molar-refractivity contribution < 1.29 is 8.78 Å². The van der Waals surface area contributed by atoms with Gasteiger partial charge in [-0.15, -0.1) is 0 Å². The largest absolute Gasteiger partial charge is 0.317 e. The van der Waals surface area contributed by atoms with E-state index in [1.165, 1.54) is 75.5 Å². The van der Waals surface area contributed by atoms with Gasteiger partial charge in [0.25, 0.3) is 0 Å². The van der Waals surface area contributed by atoms with Crippen molar-refractivity contribution in [2.45, 2.75) is 96.9 Å². The molecule has 0 spiro atoms. The first-order valence-electron chi connectivity index (χ1n) is 14.7. The molecule has 0 amide bonds. The van der Waals surface area contributed by atoms with Gasteiger partial charge in [0.15, 0.2) is 0 Å². The van der Waals surface area contributed by atoms with Crippen molar-refractivity contribution in [1.82, 2.24) is 15.3 Å². The molecule has 2 aliphatic carbocycles. The van der Waals surface area contributed by atoms with Gasteiger partial charge >= 0.3 is 0 Å². The Hall–Kier alpha value is -2.06. The van der Waals surface area contributed by atoms with Crippen LogP contribution in [0.5, 0.6) is 0 Å². The number of fused-ring (bicyclic) bond motifs is 1. The molecular formula is C31H53F2N5S. The van der Waals surface area contributed by atoms with Crippen molar-refractivity contribution in [3.8, 4) is 0 Å². The molecule has 1 saturated heterocycles. The van der Waals surface area contributed by atoms with E-state index in [0.717, 1.165) is 18.7 Å². The lowest BCUT2D eigenvalue weighted by Gasteiger charge is -2.35. The van der Waals surface area contributed by atoms with Crippen molar-refractivity contribution in [1.29, 1.82) is 0 Å². The Balaban J connectivity index is 0.000000623. The van der Waals surface area contributed by atoms with Crippen molar-refractivity contribution in [2.75, 3.05) is 31.6 Å². The van der Waals surface area contributed by atoms with Crippen molar-refractivity contribution in [3.63, 3.8) is 0 Å². The average Bonchev–Trinajstić information content (AvgIpc) is 3.36. The molecule has 0 aromatic carbocycles. The molecule has 1 aromatic rings. The minimum Gasteiger partial charge on any atom is -0.317 e. The van der Waals surface area contributed by atoms with Crippen LogP contribution in [0.4, 0.5) is 14.6 Å². The molecule has 8 heteroatoms. The molecule has 3 atom stereocenters. The molecule has 39 heavy (non-hydrogen) atoms. The number of alkyl halides is 2. The van der Waals surface area contributed by atoms with E-state index in [-0.39, 0.29) is 5.25 Å². The van der Waals surface area contributed by atoms with Crippen LogP contribution in [0.1, 0.15) is 85.5 Å². The molecule has 4 aliphatic rings. The zero-order valence-electron chi connectivity index (χ0n) is 25.2. The molecule has 1 aromatic heterocycles. The van der Waals surface area contributed by atoms with E-state index >= 15 is 0 Å². The fourth-order valence-corrected chi connectivity index (χ4v) is 5.42. The first-order valence-corrected chi connectivity index (χ1v) is 15.5. The Morgan fingerprint density at radius 2 is 1.74 bits per heavy atom. The van der Waals surface area contributed by atoms with E-state index in [1.54, 1.807) is 18.6 Å². The maximum absolute atomic E-state index is 14.4. The Morgan fingerprint density at radius 3 is 2.36 bits per heavy atom. The molecule has 3 heterocycles. The van der Waals surface area contributed by atoms with E-state index in [0.29, 0.717) is 19.5 Å². The van der Waals surface area contributed by atoms with Crippen LogP contribution >= 0.6 is 11.9 Å². The van der Waals surface area contributed by atoms with Crippen molar-refractivity contribution in [2.24, 2.45) is 10.9 Å². The van der Waals surface area contributed by atoms with Gasteiger partial charge in [0.05, 0.1) is 12.4 Å². The molecule has 222 valence electrons. The summed E-state index contributed by atoms with van der Waals surface area (Å²) in [6.07, 6.45) is 25.0. The summed E-state index contributed by atoms with van der Waals surface area (Å²) in [5.41, 5.74) is 1.48. The highest BCUT2D eigenvalue weighted by Crippen LogP contribution is 2.41. The second-order valence-corrected chi connectivity index (χ2v) is 10.0. The molecule has 0 bridgehead atoms. The van der Waals surface area contributed by atoms with Gasteiger partial charge in [0.2, 0.25) is 0 Å². The van der Waals surface area contributed by atoms with Crippen LogP contribution in [-0.2, 0) is 0 Å². The molecule has 2 aliphatic heterocycles. The normalized spacial score (nSPS) is 22.4. The van der Waals surface area contributed by atoms with Gasteiger partial charge in [-0.3, -0.25) is 9.38 Å². The topological polar surface area (TPSA) is 53.4 Å². The summed E-state index contributed by atoms with van der Waals surface area (Å²) in [6, 6.07) is 1.85. The van der Waals surface area contributed by atoms with E-state index in [1.807, 2.05) is 57.3 Å². The highest BCUT2D eigenvalue weighted by atomic mass is 32.2. The molecular weight excluding hydrogens is 512 g/mol. The fourth-order valence-electron chi connectivity index (χ4n) is 4.36. The third-order valence-corrected chi connectivity index (χ3v) is 7.36. The summed E-state index contributed by atoms with van der Waals surface area (Å²) in [7, 11) is 2.44. The molecule has 2 fully saturated rings. The maximum atomic E-state index is 14.4. The third kappa shape index (κ3) is 16.6. The van der Waals surface area contributed by atoms with Crippen molar-refractivity contribution >= 4 is 24.0 Å². The van der Waals surface area contributed by atoms with E-state index in [4.69, 9.17) is 0 Å². The molecule has 3 unspecified atom stereocenters. The number of allylic oxidation sites excluding steroid dienone is 4. The summed E-state index contributed by atoms with van der Waals surface area (Å²) in [6.45, 7) is 10.5. The monoisotopic (exact) mass is 565 g/mol. The van der Waals surface area contributed by atoms with Gasteiger partial charge in [-0.2, -0.15) is 0 Å². The number of halogens is 2. The summed E-state index contributed by atoms with van der Waals surface area (Å²) in [5, 5.41) is 3.20. The lowest BCUT2D eigenvalue weighted by molar-refractivity contribution is 0.254. The number of hydrogen-bond acceptors (Lipinski definition) is 6. The molecule has 5 nitrogen and oxygen atoms in total. The lowest BCUT2D eigenvalue weighted by Crippen LogP contribution is -2.31. The maximum Gasteiger partial charge on any atom is 0.141 e. The number of aliphatic imine (C=N–C) groups is 1. The summed E-state index contributed by atoms with van der Waals surface area (Å²) >= 11 is 1.53. The number of piperidine rings is 1. The van der Waals surface area contributed by atoms with Gasteiger partial charge in [-0.1, -0.05) is 64.3 Å². The van der Waals surface area contributed by atoms with Gasteiger partial charge in [-0.25, -0.2) is 14.4 Å².